The van der Waals surface area contributed by atoms with Gasteiger partial charge < -0.3 is 10.6 Å². The maximum absolute atomic E-state index is 7.45. The number of rotatable bonds is 4. The van der Waals surface area contributed by atoms with Crippen LogP contribution in [0, 0.1) is 17.2 Å². The van der Waals surface area contributed by atoms with Gasteiger partial charge in [-0.15, -0.1) is 0 Å². The van der Waals surface area contributed by atoms with E-state index in [9.17, 15) is 0 Å². The van der Waals surface area contributed by atoms with Gasteiger partial charge in [0.2, 0.25) is 0 Å². The van der Waals surface area contributed by atoms with E-state index in [-0.39, 0.29) is 5.84 Å². The first-order valence-corrected chi connectivity index (χ1v) is 6.08. The molecule has 92 valence electrons. The van der Waals surface area contributed by atoms with Crippen LogP contribution in [-0.4, -0.2) is 24.4 Å². The molecule has 5 heteroatoms. The van der Waals surface area contributed by atoms with Crippen LogP contribution in [-0.2, 0) is 0 Å². The van der Waals surface area contributed by atoms with Gasteiger partial charge in [0.25, 0.3) is 0 Å². The van der Waals surface area contributed by atoms with Gasteiger partial charge in [-0.3, -0.25) is 5.41 Å². The van der Waals surface area contributed by atoms with Crippen LogP contribution < -0.4 is 10.6 Å². The van der Waals surface area contributed by atoms with Crippen molar-refractivity contribution in [2.75, 3.05) is 18.5 Å². The molecule has 1 aromatic heterocycles. The third kappa shape index (κ3) is 2.52. The lowest BCUT2D eigenvalue weighted by Gasteiger charge is -2.20. The zero-order chi connectivity index (χ0) is 12.6. The van der Waals surface area contributed by atoms with Gasteiger partial charge in [-0.25, -0.2) is 4.98 Å². The molecule has 1 heterocycles. The predicted molar refractivity (Wildman–Crippen MR) is 70.8 cm³/mol. The summed E-state index contributed by atoms with van der Waals surface area (Å²) in [7, 11) is 1.98. The molecule has 2 atom stereocenters. The lowest BCUT2D eigenvalue weighted by Crippen LogP contribution is -2.23. The van der Waals surface area contributed by atoms with Crippen LogP contribution in [0.25, 0.3) is 0 Å². The molecule has 0 amide bonds. The van der Waals surface area contributed by atoms with Crippen molar-refractivity contribution in [3.05, 3.63) is 22.8 Å². The van der Waals surface area contributed by atoms with Crippen molar-refractivity contribution in [2.24, 2.45) is 17.6 Å². The van der Waals surface area contributed by atoms with Gasteiger partial charge in [0.1, 0.15) is 11.7 Å². The van der Waals surface area contributed by atoms with E-state index in [4.69, 9.17) is 22.7 Å². The first-order valence-electron chi connectivity index (χ1n) is 5.70. The summed E-state index contributed by atoms with van der Waals surface area (Å²) in [6.07, 6.45) is 2.92. The number of nitrogen functional groups attached to an aromatic ring is 1. The highest BCUT2D eigenvalue weighted by Gasteiger charge is 2.33. The highest BCUT2D eigenvalue weighted by Crippen LogP contribution is 2.39. The molecule has 1 saturated carbocycles. The Labute approximate surface area is 106 Å². The third-order valence-corrected chi connectivity index (χ3v) is 3.68. The molecule has 0 bridgehead atoms. The Morgan fingerprint density at radius 2 is 2.35 bits per heavy atom. The molecule has 4 nitrogen and oxygen atoms in total. The number of anilines is 1. The van der Waals surface area contributed by atoms with Crippen molar-refractivity contribution in [2.45, 2.75) is 13.3 Å². The molecule has 0 aromatic carbocycles. The van der Waals surface area contributed by atoms with Crippen molar-refractivity contribution >= 4 is 23.3 Å². The summed E-state index contributed by atoms with van der Waals surface area (Å²) < 4.78 is 0. The number of nitrogens with one attached hydrogen (secondary N) is 1. The van der Waals surface area contributed by atoms with Crippen LogP contribution in [0.4, 0.5) is 5.82 Å². The van der Waals surface area contributed by atoms with Gasteiger partial charge in [-0.1, -0.05) is 18.5 Å². The first-order chi connectivity index (χ1) is 8.00. The van der Waals surface area contributed by atoms with Crippen molar-refractivity contribution in [1.29, 1.82) is 5.41 Å². The Balaban J connectivity index is 2.19. The van der Waals surface area contributed by atoms with Crippen LogP contribution >= 0.6 is 11.6 Å². The Morgan fingerprint density at radius 3 is 2.88 bits per heavy atom. The summed E-state index contributed by atoms with van der Waals surface area (Å²) in [6, 6.07) is 1.67. The van der Waals surface area contributed by atoms with E-state index < -0.39 is 0 Å². The number of pyridine rings is 1. The van der Waals surface area contributed by atoms with Crippen LogP contribution in [0.2, 0.25) is 5.02 Å². The van der Waals surface area contributed by atoms with Crippen LogP contribution in [0.15, 0.2) is 12.3 Å². The SMILES string of the molecule is CC1CC1CN(C)c1nccc(C(=N)N)c1Cl. The summed E-state index contributed by atoms with van der Waals surface area (Å²) in [5.74, 6) is 2.22. The fraction of sp³-hybridized carbons (Fsp3) is 0.500. The summed E-state index contributed by atoms with van der Waals surface area (Å²) in [5, 5.41) is 7.92. The average Bonchev–Trinajstić information content (AvgIpc) is 2.93. The second-order valence-electron chi connectivity index (χ2n) is 4.76. The number of halogens is 1. The Morgan fingerprint density at radius 1 is 1.71 bits per heavy atom. The fourth-order valence-corrected chi connectivity index (χ4v) is 2.36. The van der Waals surface area contributed by atoms with Crippen LogP contribution in [0.3, 0.4) is 0 Å². The van der Waals surface area contributed by atoms with E-state index in [1.807, 2.05) is 11.9 Å². The normalized spacial score (nSPS) is 22.3. The molecule has 1 aromatic rings. The number of nitrogens with zero attached hydrogens (tertiary/aromatic N) is 2. The first kappa shape index (κ1) is 12.2. The number of hydrogen-bond acceptors (Lipinski definition) is 3. The van der Waals surface area contributed by atoms with E-state index in [1.54, 1.807) is 12.3 Å². The fourth-order valence-electron chi connectivity index (χ4n) is 2.00. The molecule has 1 aliphatic rings. The number of aromatic nitrogens is 1. The zero-order valence-corrected chi connectivity index (χ0v) is 10.8. The topological polar surface area (TPSA) is 66.0 Å². The molecule has 17 heavy (non-hydrogen) atoms. The van der Waals surface area contributed by atoms with E-state index in [1.165, 1.54) is 6.42 Å². The molecule has 1 fully saturated rings. The molecule has 0 spiro atoms. The minimum atomic E-state index is -0.0214. The molecule has 0 aliphatic heterocycles. The highest BCUT2D eigenvalue weighted by atomic mass is 35.5. The van der Waals surface area contributed by atoms with E-state index in [2.05, 4.69) is 11.9 Å². The van der Waals surface area contributed by atoms with Gasteiger partial charge in [0.15, 0.2) is 0 Å². The zero-order valence-electron chi connectivity index (χ0n) is 10.1. The maximum atomic E-state index is 7.45. The van der Waals surface area contributed by atoms with Crippen molar-refractivity contribution in [3.8, 4) is 0 Å². The minimum Gasteiger partial charge on any atom is -0.384 e. The number of hydrogen-bond donors (Lipinski definition) is 2. The molecule has 2 rings (SSSR count). The maximum Gasteiger partial charge on any atom is 0.147 e. The van der Waals surface area contributed by atoms with Gasteiger partial charge in [-0.2, -0.15) is 0 Å². The lowest BCUT2D eigenvalue weighted by atomic mass is 10.2. The second kappa shape index (κ2) is 4.53. The predicted octanol–water partition coefficient (Wildman–Crippen LogP) is 2.11. The van der Waals surface area contributed by atoms with Crippen molar-refractivity contribution in [3.63, 3.8) is 0 Å². The summed E-state index contributed by atoms with van der Waals surface area (Å²) in [6.45, 7) is 3.20. The van der Waals surface area contributed by atoms with E-state index in [0.29, 0.717) is 16.4 Å². The Bertz CT molecular complexity index is 446. The van der Waals surface area contributed by atoms with Crippen molar-refractivity contribution < 1.29 is 0 Å². The molecule has 0 saturated heterocycles. The molecular weight excluding hydrogens is 236 g/mol. The summed E-state index contributed by atoms with van der Waals surface area (Å²) in [5.41, 5.74) is 6.02. The van der Waals surface area contributed by atoms with Crippen LogP contribution in [0.5, 0.6) is 0 Å². The lowest BCUT2D eigenvalue weighted by molar-refractivity contribution is 0.719. The average molecular weight is 253 g/mol. The molecule has 2 unspecified atom stereocenters. The third-order valence-electron chi connectivity index (χ3n) is 3.31. The number of amidine groups is 1. The van der Waals surface area contributed by atoms with Gasteiger partial charge in [0, 0.05) is 25.4 Å². The van der Waals surface area contributed by atoms with Gasteiger partial charge in [-0.05, 0) is 24.3 Å². The summed E-state index contributed by atoms with van der Waals surface area (Å²) >= 11 is 6.21. The highest BCUT2D eigenvalue weighted by molar-refractivity contribution is 6.36. The standard InChI is InChI=1S/C12H17ClN4/c1-7-5-8(7)6-17(2)12-10(13)9(11(14)15)3-4-16-12/h3-4,7-8H,5-6H2,1-2H3,(H3,14,15). The molecule has 3 N–H and O–H groups in total. The molecule has 0 radical (unpaired) electrons. The van der Waals surface area contributed by atoms with E-state index in [0.717, 1.165) is 18.4 Å². The Hall–Kier alpha value is -1.29. The second-order valence-corrected chi connectivity index (χ2v) is 5.14. The quantitative estimate of drug-likeness (QED) is 0.637. The minimum absolute atomic E-state index is 0.0214. The summed E-state index contributed by atoms with van der Waals surface area (Å²) in [4.78, 5) is 6.31. The number of nitrogens with two attached hydrogens (primary N) is 1. The van der Waals surface area contributed by atoms with Crippen LogP contribution in [0.1, 0.15) is 18.9 Å². The smallest absolute Gasteiger partial charge is 0.147 e. The largest absolute Gasteiger partial charge is 0.384 e. The Kier molecular flexibility index (Phi) is 3.24. The van der Waals surface area contributed by atoms with Gasteiger partial charge >= 0.3 is 0 Å². The monoisotopic (exact) mass is 252 g/mol. The van der Waals surface area contributed by atoms with Crippen molar-refractivity contribution in [1.82, 2.24) is 4.98 Å². The van der Waals surface area contributed by atoms with E-state index >= 15 is 0 Å². The molecular formula is C12H17ClN4. The molecule has 1 aliphatic carbocycles. The van der Waals surface area contributed by atoms with Gasteiger partial charge in [0.05, 0.1) is 5.02 Å².